The highest BCUT2D eigenvalue weighted by atomic mass is 16.5. The molecule has 0 heterocycles. The minimum atomic E-state index is -0.201. The molecule has 0 aliphatic rings. The number of rotatable bonds is 5. The molecular formula is C7H13BO2. The molecule has 0 atom stereocenters. The van der Waals surface area contributed by atoms with E-state index < -0.39 is 0 Å². The van der Waals surface area contributed by atoms with Crippen LogP contribution in [0.1, 0.15) is 26.2 Å². The van der Waals surface area contributed by atoms with E-state index in [4.69, 9.17) is 12.6 Å². The summed E-state index contributed by atoms with van der Waals surface area (Å²) in [6.45, 7) is 1.96. The maximum Gasteiger partial charge on any atom is 0.302 e. The predicted molar refractivity (Wildman–Crippen MR) is 41.0 cm³/mol. The van der Waals surface area contributed by atoms with Crippen LogP contribution in [0.3, 0.4) is 0 Å². The molecule has 0 unspecified atom stereocenters. The van der Waals surface area contributed by atoms with Crippen molar-refractivity contribution in [1.82, 2.24) is 0 Å². The molecule has 0 aromatic heterocycles. The van der Waals surface area contributed by atoms with E-state index in [9.17, 15) is 4.79 Å². The summed E-state index contributed by atoms with van der Waals surface area (Å²) in [5.74, 6) is -0.201. The van der Waals surface area contributed by atoms with Crippen LogP contribution in [0.2, 0.25) is 6.32 Å². The Morgan fingerprint density at radius 3 is 2.60 bits per heavy atom. The molecule has 0 fully saturated rings. The highest BCUT2D eigenvalue weighted by molar-refractivity contribution is 6.08. The van der Waals surface area contributed by atoms with Crippen molar-refractivity contribution in [2.24, 2.45) is 0 Å². The van der Waals surface area contributed by atoms with Gasteiger partial charge in [-0.15, -0.1) is 0 Å². The number of ether oxygens (including phenoxy) is 1. The lowest BCUT2D eigenvalue weighted by Gasteiger charge is -1.99. The minimum Gasteiger partial charge on any atom is -0.466 e. The molecule has 0 saturated carbocycles. The van der Waals surface area contributed by atoms with Crippen molar-refractivity contribution in [3.8, 4) is 0 Å². The van der Waals surface area contributed by atoms with Gasteiger partial charge in [0.1, 0.15) is 0 Å². The normalized spacial score (nSPS) is 9.30. The Bertz CT molecular complexity index is 93.6. The fourth-order valence-electron chi connectivity index (χ4n) is 0.639. The standard InChI is InChI=1S/C7H13BO2/c1-7(9)10-6-4-2-3-5-8/h2-6H2,1H3. The Morgan fingerprint density at radius 2 is 2.10 bits per heavy atom. The molecule has 56 valence electrons. The second-order valence-corrected chi connectivity index (χ2v) is 2.19. The number of carbonyl (C=O) groups excluding carboxylic acids is 1. The second-order valence-electron chi connectivity index (χ2n) is 2.19. The molecule has 3 heteroatoms. The monoisotopic (exact) mass is 140 g/mol. The third-order valence-electron chi connectivity index (χ3n) is 1.15. The molecule has 2 radical (unpaired) electrons. The van der Waals surface area contributed by atoms with Gasteiger partial charge < -0.3 is 4.74 Å². The molecule has 0 saturated heterocycles. The lowest BCUT2D eigenvalue weighted by molar-refractivity contribution is -0.141. The summed E-state index contributed by atoms with van der Waals surface area (Å²) in [7, 11) is 5.26. The maximum absolute atomic E-state index is 10.2. The number of hydrogen-bond donors (Lipinski definition) is 0. The summed E-state index contributed by atoms with van der Waals surface area (Å²) in [5.41, 5.74) is 0. The largest absolute Gasteiger partial charge is 0.466 e. The maximum atomic E-state index is 10.2. The van der Waals surface area contributed by atoms with Crippen LogP contribution in [0, 0.1) is 0 Å². The summed E-state index contributed by atoms with van der Waals surface area (Å²) in [6, 6.07) is 0. The molecule has 0 aliphatic heterocycles. The number of unbranched alkanes of at least 4 members (excludes halogenated alkanes) is 2. The average molecular weight is 140 g/mol. The van der Waals surface area contributed by atoms with Crippen LogP contribution in [0.25, 0.3) is 0 Å². The van der Waals surface area contributed by atoms with Gasteiger partial charge in [-0.1, -0.05) is 19.2 Å². The first-order valence-electron chi connectivity index (χ1n) is 3.61. The molecule has 0 bridgehead atoms. The summed E-state index contributed by atoms with van der Waals surface area (Å²) in [5, 5.41) is 0. The average Bonchev–Trinajstić information content (AvgIpc) is 1.87. The van der Waals surface area contributed by atoms with Gasteiger partial charge in [0.25, 0.3) is 0 Å². The quantitative estimate of drug-likeness (QED) is 0.327. The lowest BCUT2D eigenvalue weighted by Crippen LogP contribution is -1.99. The van der Waals surface area contributed by atoms with E-state index in [1.165, 1.54) is 6.92 Å². The third kappa shape index (κ3) is 7.53. The van der Waals surface area contributed by atoms with Crippen molar-refractivity contribution < 1.29 is 9.53 Å². The molecular weight excluding hydrogens is 127 g/mol. The predicted octanol–water partition coefficient (Wildman–Crippen LogP) is 1.31. The van der Waals surface area contributed by atoms with Crippen molar-refractivity contribution in [3.63, 3.8) is 0 Å². The van der Waals surface area contributed by atoms with Crippen molar-refractivity contribution in [1.29, 1.82) is 0 Å². The molecule has 0 spiro atoms. The van der Waals surface area contributed by atoms with E-state index in [1.54, 1.807) is 0 Å². The van der Waals surface area contributed by atoms with Gasteiger partial charge in [0, 0.05) is 6.92 Å². The Balaban J connectivity index is 2.84. The van der Waals surface area contributed by atoms with Crippen LogP contribution < -0.4 is 0 Å². The van der Waals surface area contributed by atoms with Crippen LogP contribution >= 0.6 is 0 Å². The highest BCUT2D eigenvalue weighted by Gasteiger charge is 1.91. The zero-order valence-corrected chi connectivity index (χ0v) is 6.43. The first-order chi connectivity index (χ1) is 4.77. The van der Waals surface area contributed by atoms with Gasteiger partial charge in [0.15, 0.2) is 0 Å². The van der Waals surface area contributed by atoms with Crippen molar-refractivity contribution in [2.45, 2.75) is 32.5 Å². The number of hydrogen-bond acceptors (Lipinski definition) is 2. The van der Waals surface area contributed by atoms with Gasteiger partial charge in [-0.2, -0.15) is 0 Å². The lowest BCUT2D eigenvalue weighted by atomic mass is 10.00. The first kappa shape index (κ1) is 9.53. The van der Waals surface area contributed by atoms with Crippen LogP contribution in [0.15, 0.2) is 0 Å². The molecule has 0 N–H and O–H groups in total. The molecule has 0 aliphatic carbocycles. The topological polar surface area (TPSA) is 26.3 Å². The van der Waals surface area contributed by atoms with Gasteiger partial charge in [0.2, 0.25) is 0 Å². The Kier molecular flexibility index (Phi) is 6.34. The Labute approximate surface area is 63.4 Å². The first-order valence-corrected chi connectivity index (χ1v) is 3.61. The van der Waals surface area contributed by atoms with Gasteiger partial charge in [-0.3, -0.25) is 4.79 Å². The fourth-order valence-corrected chi connectivity index (χ4v) is 0.639. The van der Waals surface area contributed by atoms with Crippen molar-refractivity contribution in [3.05, 3.63) is 0 Å². The van der Waals surface area contributed by atoms with Crippen LogP contribution in [0.5, 0.6) is 0 Å². The second kappa shape index (κ2) is 6.65. The molecule has 0 aromatic rings. The van der Waals surface area contributed by atoms with E-state index in [0.29, 0.717) is 6.61 Å². The molecule has 0 amide bonds. The molecule has 0 aromatic carbocycles. The smallest absolute Gasteiger partial charge is 0.302 e. The van der Waals surface area contributed by atoms with Crippen LogP contribution in [-0.4, -0.2) is 20.4 Å². The van der Waals surface area contributed by atoms with Gasteiger partial charge in [-0.25, -0.2) is 0 Å². The Morgan fingerprint density at radius 1 is 1.40 bits per heavy atom. The van der Waals surface area contributed by atoms with Crippen LogP contribution in [-0.2, 0) is 9.53 Å². The van der Waals surface area contributed by atoms with Crippen LogP contribution in [0.4, 0.5) is 0 Å². The zero-order chi connectivity index (χ0) is 7.82. The summed E-state index contributed by atoms with van der Waals surface area (Å²) in [6.07, 6.45) is 3.71. The summed E-state index contributed by atoms with van der Waals surface area (Å²) >= 11 is 0. The van der Waals surface area contributed by atoms with E-state index >= 15 is 0 Å². The zero-order valence-electron chi connectivity index (χ0n) is 6.43. The SMILES string of the molecule is [B]CCCCCOC(C)=O. The van der Waals surface area contributed by atoms with E-state index in [2.05, 4.69) is 0 Å². The molecule has 0 rings (SSSR count). The van der Waals surface area contributed by atoms with E-state index in [-0.39, 0.29) is 5.97 Å². The minimum absolute atomic E-state index is 0.201. The van der Waals surface area contributed by atoms with Crippen molar-refractivity contribution >= 4 is 13.8 Å². The highest BCUT2D eigenvalue weighted by Crippen LogP contribution is 1.97. The summed E-state index contributed by atoms with van der Waals surface area (Å²) < 4.78 is 4.71. The number of esters is 1. The van der Waals surface area contributed by atoms with Gasteiger partial charge >= 0.3 is 5.97 Å². The van der Waals surface area contributed by atoms with Gasteiger partial charge in [0.05, 0.1) is 14.5 Å². The number of carbonyl (C=O) groups is 1. The van der Waals surface area contributed by atoms with E-state index in [0.717, 1.165) is 25.6 Å². The third-order valence-corrected chi connectivity index (χ3v) is 1.15. The molecule has 10 heavy (non-hydrogen) atoms. The molecule has 2 nitrogen and oxygen atoms in total. The fraction of sp³-hybridized carbons (Fsp3) is 0.857. The van der Waals surface area contributed by atoms with Crippen molar-refractivity contribution in [2.75, 3.05) is 6.61 Å². The van der Waals surface area contributed by atoms with Gasteiger partial charge in [-0.05, 0) is 6.42 Å². The van der Waals surface area contributed by atoms with E-state index in [1.807, 2.05) is 0 Å². The Hall–Kier alpha value is -0.465. The summed E-state index contributed by atoms with van der Waals surface area (Å²) in [4.78, 5) is 10.2.